The van der Waals surface area contributed by atoms with Crippen molar-refractivity contribution in [1.29, 1.82) is 0 Å². The van der Waals surface area contributed by atoms with Gasteiger partial charge in [-0.25, -0.2) is 4.39 Å². The smallest absolute Gasteiger partial charge is 0.311 e. The third-order valence-electron chi connectivity index (χ3n) is 3.75. The van der Waals surface area contributed by atoms with Gasteiger partial charge in [-0.3, -0.25) is 19.7 Å². The Labute approximate surface area is 118 Å². The molecule has 0 spiro atoms. The first kappa shape index (κ1) is 14.9. The van der Waals surface area contributed by atoms with Crippen molar-refractivity contribution in [2.24, 2.45) is 5.41 Å². The van der Waals surface area contributed by atoms with Gasteiger partial charge in [0, 0.05) is 12.6 Å². The van der Waals surface area contributed by atoms with Crippen LogP contribution < -0.4 is 5.32 Å². The maximum Gasteiger partial charge on any atom is 0.311 e. The van der Waals surface area contributed by atoms with Crippen molar-refractivity contribution in [2.75, 3.05) is 6.54 Å². The van der Waals surface area contributed by atoms with Gasteiger partial charge in [0.1, 0.15) is 11.4 Å². The summed E-state index contributed by atoms with van der Waals surface area (Å²) in [4.78, 5) is 33.2. The second kappa shape index (κ2) is 5.47. The molecule has 0 atom stereocenters. The summed E-state index contributed by atoms with van der Waals surface area (Å²) in [7, 11) is 0. The quantitative estimate of drug-likeness (QED) is 0.635. The molecule has 0 unspecified atom stereocenters. The van der Waals surface area contributed by atoms with E-state index in [9.17, 15) is 24.1 Å². The Balaban J connectivity index is 2.15. The van der Waals surface area contributed by atoms with Gasteiger partial charge >= 0.3 is 5.97 Å². The van der Waals surface area contributed by atoms with E-state index in [1.54, 1.807) is 0 Å². The highest BCUT2D eigenvalue weighted by Crippen LogP contribution is 2.40. The first-order valence-corrected chi connectivity index (χ1v) is 6.31. The van der Waals surface area contributed by atoms with Crippen molar-refractivity contribution >= 4 is 17.6 Å². The Hall–Kier alpha value is -2.51. The summed E-state index contributed by atoms with van der Waals surface area (Å²) >= 11 is 0. The average molecular weight is 296 g/mol. The lowest BCUT2D eigenvalue weighted by Crippen LogP contribution is -2.47. The zero-order valence-corrected chi connectivity index (χ0v) is 11.0. The molecule has 0 heterocycles. The largest absolute Gasteiger partial charge is 0.481 e. The van der Waals surface area contributed by atoms with Gasteiger partial charge in [0.2, 0.25) is 0 Å². The second-order valence-corrected chi connectivity index (χ2v) is 5.04. The molecule has 1 aromatic carbocycles. The Morgan fingerprint density at radius 3 is 2.57 bits per heavy atom. The predicted octanol–water partition coefficient (Wildman–Crippen LogP) is 1.72. The van der Waals surface area contributed by atoms with Crippen molar-refractivity contribution in [2.45, 2.75) is 19.3 Å². The molecule has 1 aliphatic carbocycles. The number of carboxylic acids is 1. The van der Waals surface area contributed by atoms with Gasteiger partial charge in [0.05, 0.1) is 10.3 Å². The van der Waals surface area contributed by atoms with E-state index in [1.165, 1.54) is 0 Å². The molecule has 0 saturated heterocycles. The zero-order chi connectivity index (χ0) is 15.6. The van der Waals surface area contributed by atoms with Crippen LogP contribution in [-0.4, -0.2) is 28.5 Å². The van der Waals surface area contributed by atoms with Crippen molar-refractivity contribution in [1.82, 2.24) is 5.32 Å². The summed E-state index contributed by atoms with van der Waals surface area (Å²) in [5.41, 5.74) is -1.95. The number of amides is 1. The predicted molar refractivity (Wildman–Crippen MR) is 69.3 cm³/mol. The molecule has 1 aliphatic rings. The lowest BCUT2D eigenvalue weighted by atomic mass is 9.69. The minimum absolute atomic E-state index is 0.130. The molecule has 8 heteroatoms. The molecule has 21 heavy (non-hydrogen) atoms. The van der Waals surface area contributed by atoms with Crippen LogP contribution in [-0.2, 0) is 4.79 Å². The fourth-order valence-electron chi connectivity index (χ4n) is 2.26. The van der Waals surface area contributed by atoms with E-state index in [0.29, 0.717) is 12.8 Å². The van der Waals surface area contributed by atoms with Crippen LogP contribution in [0, 0.1) is 21.3 Å². The standard InChI is InChI=1S/C13H13FN2O5/c14-8-2-3-10(16(20)21)9(6-8)11(17)15-7-13(12(18)19)4-1-5-13/h2-3,6H,1,4-5,7H2,(H,15,17)(H,18,19). The number of nitro groups is 1. The van der Waals surface area contributed by atoms with Crippen LogP contribution in [0.2, 0.25) is 0 Å². The topological polar surface area (TPSA) is 110 Å². The molecule has 2 rings (SSSR count). The van der Waals surface area contributed by atoms with Crippen LogP contribution in [0.5, 0.6) is 0 Å². The fourth-order valence-corrected chi connectivity index (χ4v) is 2.26. The molecular formula is C13H13FN2O5. The SMILES string of the molecule is O=C(NCC1(C(=O)O)CCC1)c1cc(F)ccc1[N+](=O)[O-]. The van der Waals surface area contributed by atoms with E-state index >= 15 is 0 Å². The summed E-state index contributed by atoms with van der Waals surface area (Å²) in [5.74, 6) is -2.64. The van der Waals surface area contributed by atoms with Gasteiger partial charge in [-0.1, -0.05) is 6.42 Å². The molecule has 1 aromatic rings. The van der Waals surface area contributed by atoms with Crippen LogP contribution in [0.4, 0.5) is 10.1 Å². The number of nitrogens with one attached hydrogen (secondary N) is 1. The summed E-state index contributed by atoms with van der Waals surface area (Å²) in [6.45, 7) is -0.130. The minimum Gasteiger partial charge on any atom is -0.481 e. The molecule has 0 aliphatic heterocycles. The summed E-state index contributed by atoms with van der Waals surface area (Å²) in [5, 5.41) is 22.3. The van der Waals surface area contributed by atoms with Crippen LogP contribution in [0.15, 0.2) is 18.2 Å². The van der Waals surface area contributed by atoms with Crippen molar-refractivity contribution in [3.05, 3.63) is 39.7 Å². The van der Waals surface area contributed by atoms with Gasteiger partial charge in [0.15, 0.2) is 0 Å². The highest BCUT2D eigenvalue weighted by Gasteiger charge is 2.44. The number of hydrogen-bond acceptors (Lipinski definition) is 4. The minimum atomic E-state index is -1.02. The molecule has 0 bridgehead atoms. The molecule has 1 saturated carbocycles. The van der Waals surface area contributed by atoms with E-state index in [4.69, 9.17) is 5.11 Å². The van der Waals surface area contributed by atoms with Gasteiger partial charge in [-0.2, -0.15) is 0 Å². The molecule has 7 nitrogen and oxygen atoms in total. The number of benzene rings is 1. The van der Waals surface area contributed by atoms with Gasteiger partial charge in [-0.05, 0) is 25.0 Å². The summed E-state index contributed by atoms with van der Waals surface area (Å²) in [6, 6.07) is 2.56. The van der Waals surface area contributed by atoms with Gasteiger partial charge in [0.25, 0.3) is 11.6 Å². The Morgan fingerprint density at radius 1 is 1.43 bits per heavy atom. The maximum atomic E-state index is 13.2. The lowest BCUT2D eigenvalue weighted by molar-refractivity contribution is -0.385. The van der Waals surface area contributed by atoms with Gasteiger partial charge in [-0.15, -0.1) is 0 Å². The van der Waals surface area contributed by atoms with Crippen molar-refractivity contribution < 1.29 is 24.0 Å². The molecule has 1 amide bonds. The van der Waals surface area contributed by atoms with E-state index in [-0.39, 0.29) is 6.54 Å². The van der Waals surface area contributed by atoms with Crippen molar-refractivity contribution in [3.63, 3.8) is 0 Å². The lowest BCUT2D eigenvalue weighted by Gasteiger charge is -2.37. The number of rotatable bonds is 5. The number of nitro benzene ring substituents is 1. The molecular weight excluding hydrogens is 283 g/mol. The first-order chi connectivity index (χ1) is 9.85. The summed E-state index contributed by atoms with van der Waals surface area (Å²) in [6.07, 6.45) is 1.63. The van der Waals surface area contributed by atoms with Crippen LogP contribution in [0.1, 0.15) is 29.6 Å². The van der Waals surface area contributed by atoms with Crippen LogP contribution in [0.3, 0.4) is 0 Å². The number of aliphatic carboxylic acids is 1. The van der Waals surface area contributed by atoms with E-state index in [1.807, 2.05) is 0 Å². The summed E-state index contributed by atoms with van der Waals surface area (Å²) < 4.78 is 13.2. The first-order valence-electron chi connectivity index (χ1n) is 6.31. The third-order valence-corrected chi connectivity index (χ3v) is 3.75. The Morgan fingerprint density at radius 2 is 2.10 bits per heavy atom. The van der Waals surface area contributed by atoms with E-state index < -0.39 is 39.3 Å². The highest BCUT2D eigenvalue weighted by atomic mass is 19.1. The Bertz CT molecular complexity index is 613. The number of nitrogens with zero attached hydrogens (tertiary/aromatic N) is 1. The number of halogens is 1. The normalized spacial score (nSPS) is 15.9. The highest BCUT2D eigenvalue weighted by molar-refractivity contribution is 5.98. The number of carbonyl (C=O) groups is 2. The monoisotopic (exact) mass is 296 g/mol. The fraction of sp³-hybridized carbons (Fsp3) is 0.385. The molecule has 1 fully saturated rings. The number of hydrogen-bond donors (Lipinski definition) is 2. The van der Waals surface area contributed by atoms with Gasteiger partial charge < -0.3 is 10.4 Å². The molecule has 2 N–H and O–H groups in total. The number of carboxylic acid groups (broad SMARTS) is 1. The average Bonchev–Trinajstić information content (AvgIpc) is 2.36. The van der Waals surface area contributed by atoms with Crippen LogP contribution in [0.25, 0.3) is 0 Å². The molecule has 112 valence electrons. The second-order valence-electron chi connectivity index (χ2n) is 5.04. The van der Waals surface area contributed by atoms with Crippen LogP contribution >= 0.6 is 0 Å². The van der Waals surface area contributed by atoms with Crippen molar-refractivity contribution in [3.8, 4) is 0 Å². The third kappa shape index (κ3) is 2.83. The number of carbonyl (C=O) groups excluding carboxylic acids is 1. The molecule has 0 aromatic heterocycles. The molecule has 0 radical (unpaired) electrons. The zero-order valence-electron chi connectivity index (χ0n) is 11.0. The van der Waals surface area contributed by atoms with E-state index in [0.717, 1.165) is 24.6 Å². The van der Waals surface area contributed by atoms with E-state index in [2.05, 4.69) is 5.32 Å². The Kier molecular flexibility index (Phi) is 3.88. The maximum absolute atomic E-state index is 13.2.